The molecule has 72 valence electrons. The first kappa shape index (κ1) is 10.6. The van der Waals surface area contributed by atoms with Crippen LogP contribution in [0.15, 0.2) is 29.2 Å². The van der Waals surface area contributed by atoms with E-state index in [-0.39, 0.29) is 0 Å². The zero-order valence-corrected chi connectivity index (χ0v) is 8.81. The number of aliphatic hydroxyl groups is 1. The Balaban J connectivity index is 2.32. The van der Waals surface area contributed by atoms with Gasteiger partial charge in [-0.2, -0.15) is 0 Å². The maximum atomic E-state index is 8.61. The highest BCUT2D eigenvalue weighted by atomic mass is 32.2. The first-order chi connectivity index (χ1) is 6.34. The maximum Gasteiger partial charge on any atom is 0.0431 e. The lowest BCUT2D eigenvalue weighted by molar-refractivity contribution is 0.287. The third-order valence-corrected chi connectivity index (χ3v) is 3.17. The zero-order chi connectivity index (χ0) is 9.52. The molecule has 0 heterocycles. The van der Waals surface area contributed by atoms with Crippen LogP contribution in [0.5, 0.6) is 0 Å². The number of unbranched alkanes of at least 4 members (excludes halogenated alkanes) is 1. The minimum atomic E-state index is 0.314. The molecule has 1 rings (SSSR count). The monoisotopic (exact) mass is 196 g/mol. The van der Waals surface area contributed by atoms with Crippen LogP contribution in [-0.2, 0) is 0 Å². The van der Waals surface area contributed by atoms with Crippen LogP contribution in [0.3, 0.4) is 0 Å². The Morgan fingerprint density at radius 1 is 1.23 bits per heavy atom. The quantitative estimate of drug-likeness (QED) is 0.577. The number of hydrogen-bond acceptors (Lipinski definition) is 2. The van der Waals surface area contributed by atoms with Crippen molar-refractivity contribution >= 4 is 11.8 Å². The SMILES string of the molecule is Cc1ccccc1SCCCCO. The van der Waals surface area contributed by atoms with E-state index in [9.17, 15) is 0 Å². The van der Waals surface area contributed by atoms with E-state index in [1.807, 2.05) is 11.8 Å². The van der Waals surface area contributed by atoms with Gasteiger partial charge in [-0.1, -0.05) is 18.2 Å². The fourth-order valence-corrected chi connectivity index (χ4v) is 2.15. The van der Waals surface area contributed by atoms with Crippen molar-refractivity contribution in [3.63, 3.8) is 0 Å². The van der Waals surface area contributed by atoms with Gasteiger partial charge in [-0.25, -0.2) is 0 Å². The minimum Gasteiger partial charge on any atom is -0.396 e. The van der Waals surface area contributed by atoms with Gasteiger partial charge >= 0.3 is 0 Å². The highest BCUT2D eigenvalue weighted by molar-refractivity contribution is 7.99. The molecule has 2 heteroatoms. The van der Waals surface area contributed by atoms with E-state index in [1.54, 1.807) is 0 Å². The fraction of sp³-hybridized carbons (Fsp3) is 0.455. The Labute approximate surface area is 84.2 Å². The van der Waals surface area contributed by atoms with E-state index in [0.717, 1.165) is 18.6 Å². The fourth-order valence-electron chi connectivity index (χ4n) is 1.11. The first-order valence-corrected chi connectivity index (χ1v) is 5.62. The Morgan fingerprint density at radius 3 is 2.69 bits per heavy atom. The summed E-state index contributed by atoms with van der Waals surface area (Å²) in [5.74, 6) is 1.10. The molecule has 0 saturated carbocycles. The molecule has 0 fully saturated rings. The third kappa shape index (κ3) is 3.83. The predicted octanol–water partition coefficient (Wildman–Crippen LogP) is 2.86. The first-order valence-electron chi connectivity index (χ1n) is 4.64. The Kier molecular flexibility index (Phi) is 4.94. The number of rotatable bonds is 5. The van der Waals surface area contributed by atoms with Crippen LogP contribution in [0, 0.1) is 6.92 Å². The van der Waals surface area contributed by atoms with Crippen LogP contribution in [0.25, 0.3) is 0 Å². The van der Waals surface area contributed by atoms with Gasteiger partial charge in [-0.15, -0.1) is 11.8 Å². The van der Waals surface area contributed by atoms with Gasteiger partial charge in [0.25, 0.3) is 0 Å². The lowest BCUT2D eigenvalue weighted by atomic mass is 10.2. The highest BCUT2D eigenvalue weighted by Gasteiger charge is 1.96. The van der Waals surface area contributed by atoms with Crippen molar-refractivity contribution in [3.05, 3.63) is 29.8 Å². The lowest BCUT2D eigenvalue weighted by Crippen LogP contribution is -1.86. The van der Waals surface area contributed by atoms with Crippen molar-refractivity contribution in [3.8, 4) is 0 Å². The van der Waals surface area contributed by atoms with Crippen LogP contribution >= 0.6 is 11.8 Å². The molecule has 1 N–H and O–H groups in total. The molecule has 0 spiro atoms. The van der Waals surface area contributed by atoms with E-state index in [4.69, 9.17) is 5.11 Å². The topological polar surface area (TPSA) is 20.2 Å². The molecule has 0 saturated heterocycles. The molecule has 0 bridgehead atoms. The average molecular weight is 196 g/mol. The van der Waals surface area contributed by atoms with Crippen LogP contribution in [0.2, 0.25) is 0 Å². The standard InChI is InChI=1S/C11H16OS/c1-10-6-2-3-7-11(10)13-9-5-4-8-12/h2-3,6-7,12H,4-5,8-9H2,1H3. The molecule has 0 aliphatic rings. The molecular weight excluding hydrogens is 180 g/mol. The summed E-state index contributed by atoms with van der Waals surface area (Å²) < 4.78 is 0. The van der Waals surface area contributed by atoms with Crippen molar-refractivity contribution < 1.29 is 5.11 Å². The van der Waals surface area contributed by atoms with Gasteiger partial charge in [0.1, 0.15) is 0 Å². The predicted molar refractivity (Wildman–Crippen MR) is 58.2 cm³/mol. The summed E-state index contributed by atoms with van der Waals surface area (Å²) in [6.45, 7) is 2.45. The summed E-state index contributed by atoms with van der Waals surface area (Å²) >= 11 is 1.88. The molecule has 13 heavy (non-hydrogen) atoms. The van der Waals surface area contributed by atoms with Gasteiger partial charge in [0, 0.05) is 11.5 Å². The Bertz CT molecular complexity index is 248. The maximum absolute atomic E-state index is 8.61. The minimum absolute atomic E-state index is 0.314. The summed E-state index contributed by atoms with van der Waals surface area (Å²) in [5, 5.41) is 8.61. The third-order valence-electron chi connectivity index (χ3n) is 1.90. The van der Waals surface area contributed by atoms with Gasteiger partial charge in [-0.05, 0) is 37.1 Å². The molecule has 1 nitrogen and oxygen atoms in total. The second kappa shape index (κ2) is 6.06. The number of aryl methyl sites for hydroxylation is 1. The molecule has 0 unspecified atom stereocenters. The highest BCUT2D eigenvalue weighted by Crippen LogP contribution is 2.22. The van der Waals surface area contributed by atoms with Crippen molar-refractivity contribution in [1.82, 2.24) is 0 Å². The molecule has 0 aromatic heterocycles. The number of aliphatic hydroxyl groups excluding tert-OH is 1. The molecule has 0 aliphatic carbocycles. The second-order valence-corrected chi connectivity index (χ2v) is 4.18. The van der Waals surface area contributed by atoms with Gasteiger partial charge in [0.2, 0.25) is 0 Å². The van der Waals surface area contributed by atoms with Crippen LogP contribution in [-0.4, -0.2) is 17.5 Å². The summed E-state index contributed by atoms with van der Waals surface area (Å²) in [4.78, 5) is 1.36. The Morgan fingerprint density at radius 2 is 2.00 bits per heavy atom. The molecule has 1 aromatic carbocycles. The van der Waals surface area contributed by atoms with E-state index in [0.29, 0.717) is 6.61 Å². The van der Waals surface area contributed by atoms with Crippen molar-refractivity contribution in [2.24, 2.45) is 0 Å². The summed E-state index contributed by atoms with van der Waals surface area (Å²) in [6, 6.07) is 8.42. The van der Waals surface area contributed by atoms with Crippen molar-refractivity contribution in [2.75, 3.05) is 12.4 Å². The number of benzene rings is 1. The van der Waals surface area contributed by atoms with E-state index in [1.165, 1.54) is 10.5 Å². The van der Waals surface area contributed by atoms with E-state index in [2.05, 4.69) is 31.2 Å². The molecule has 1 aromatic rings. The van der Waals surface area contributed by atoms with Gasteiger partial charge < -0.3 is 5.11 Å². The molecule has 0 radical (unpaired) electrons. The molecular formula is C11H16OS. The average Bonchev–Trinajstić information content (AvgIpc) is 2.15. The normalized spacial score (nSPS) is 10.3. The summed E-state index contributed by atoms with van der Waals surface area (Å²) in [5.41, 5.74) is 1.34. The van der Waals surface area contributed by atoms with E-state index >= 15 is 0 Å². The number of thioether (sulfide) groups is 1. The van der Waals surface area contributed by atoms with Gasteiger partial charge in [0.05, 0.1) is 0 Å². The largest absolute Gasteiger partial charge is 0.396 e. The van der Waals surface area contributed by atoms with Gasteiger partial charge in [-0.3, -0.25) is 0 Å². The second-order valence-electron chi connectivity index (χ2n) is 3.04. The van der Waals surface area contributed by atoms with Crippen LogP contribution in [0.4, 0.5) is 0 Å². The smallest absolute Gasteiger partial charge is 0.0431 e. The summed E-state index contributed by atoms with van der Waals surface area (Å²) in [7, 11) is 0. The molecule has 0 amide bonds. The lowest BCUT2D eigenvalue weighted by Gasteiger charge is -2.03. The van der Waals surface area contributed by atoms with Gasteiger partial charge in [0.15, 0.2) is 0 Å². The molecule has 0 atom stereocenters. The zero-order valence-electron chi connectivity index (χ0n) is 7.99. The number of hydrogen-bond donors (Lipinski definition) is 1. The van der Waals surface area contributed by atoms with E-state index < -0.39 is 0 Å². The Hall–Kier alpha value is -0.470. The summed E-state index contributed by atoms with van der Waals surface area (Å²) in [6.07, 6.45) is 2.01. The molecule has 0 aliphatic heterocycles. The van der Waals surface area contributed by atoms with Crippen LogP contribution in [0.1, 0.15) is 18.4 Å². The van der Waals surface area contributed by atoms with Crippen molar-refractivity contribution in [1.29, 1.82) is 0 Å². The van der Waals surface area contributed by atoms with Crippen LogP contribution < -0.4 is 0 Å². The van der Waals surface area contributed by atoms with Crippen molar-refractivity contribution in [2.45, 2.75) is 24.7 Å².